The minimum atomic E-state index is -4.70. The zero-order valence-electron chi connectivity index (χ0n) is 15.0. The first-order valence-corrected chi connectivity index (χ1v) is 9.47. The van der Waals surface area contributed by atoms with Gasteiger partial charge in [0.15, 0.2) is 6.61 Å². The lowest BCUT2D eigenvalue weighted by molar-refractivity contribution is -0.157. The number of ether oxygens (including phenoxy) is 1. The highest BCUT2D eigenvalue weighted by Crippen LogP contribution is 2.45. The predicted octanol–water partition coefficient (Wildman–Crippen LogP) is 5.62. The van der Waals surface area contributed by atoms with Gasteiger partial charge in [0.2, 0.25) is 0 Å². The van der Waals surface area contributed by atoms with E-state index in [0.29, 0.717) is 23.9 Å². The molecule has 2 aromatic carbocycles. The second kappa shape index (κ2) is 8.24. The number of amides is 1. The number of halogens is 5. The van der Waals surface area contributed by atoms with E-state index in [4.69, 9.17) is 27.9 Å². The molecule has 0 saturated heterocycles. The molecule has 0 aliphatic heterocycles. The zero-order valence-corrected chi connectivity index (χ0v) is 16.5. The summed E-state index contributed by atoms with van der Waals surface area (Å²) in [5.74, 6) is -1.47. The number of alkyl halides is 3. The molecule has 4 nitrogen and oxygen atoms in total. The lowest BCUT2D eigenvalue weighted by Gasteiger charge is -2.39. The van der Waals surface area contributed by atoms with Crippen LogP contribution in [0.2, 0.25) is 10.0 Å². The van der Waals surface area contributed by atoms with Crippen molar-refractivity contribution in [3.63, 3.8) is 0 Å². The van der Waals surface area contributed by atoms with Gasteiger partial charge in [-0.2, -0.15) is 13.2 Å². The van der Waals surface area contributed by atoms with Crippen LogP contribution in [0.25, 0.3) is 0 Å². The van der Waals surface area contributed by atoms with E-state index >= 15 is 0 Å². The highest BCUT2D eigenvalue weighted by Gasteiger charge is 2.47. The van der Waals surface area contributed by atoms with E-state index in [2.05, 4.69) is 5.32 Å². The Labute approximate surface area is 174 Å². The first kappa shape index (κ1) is 21.5. The van der Waals surface area contributed by atoms with Crippen molar-refractivity contribution >= 4 is 40.8 Å². The van der Waals surface area contributed by atoms with Crippen LogP contribution in [0.15, 0.2) is 42.5 Å². The third kappa shape index (κ3) is 4.67. The largest absolute Gasteiger partial charge is 0.455 e. The van der Waals surface area contributed by atoms with Crippen LogP contribution in [0.1, 0.15) is 30.4 Å². The standard InChI is InChI=1S/C20H16Cl2F3NO3/c21-13-4-2-12(3-5-13)19(8-1-9-19)18(28)29-11-17(27)26-16-7-6-14(22)10-15(16)20(23,24)25/h2-7,10H,1,8-9,11H2,(H,26,27). The van der Waals surface area contributed by atoms with Gasteiger partial charge in [-0.25, -0.2) is 0 Å². The van der Waals surface area contributed by atoms with Crippen molar-refractivity contribution in [3.8, 4) is 0 Å². The van der Waals surface area contributed by atoms with E-state index in [1.807, 2.05) is 0 Å². The summed E-state index contributed by atoms with van der Waals surface area (Å²) in [5.41, 5.74) is -1.67. The summed E-state index contributed by atoms with van der Waals surface area (Å²) < 4.78 is 44.5. The number of esters is 1. The molecule has 154 valence electrons. The lowest BCUT2D eigenvalue weighted by Crippen LogP contribution is -2.44. The monoisotopic (exact) mass is 445 g/mol. The fourth-order valence-corrected chi connectivity index (χ4v) is 3.52. The molecule has 1 fully saturated rings. The fraction of sp³-hybridized carbons (Fsp3) is 0.300. The quantitative estimate of drug-likeness (QED) is 0.607. The van der Waals surface area contributed by atoms with Crippen LogP contribution < -0.4 is 5.32 Å². The normalized spacial score (nSPS) is 15.3. The zero-order chi connectivity index (χ0) is 21.2. The van der Waals surface area contributed by atoms with E-state index < -0.39 is 41.3 Å². The predicted molar refractivity (Wildman–Crippen MR) is 103 cm³/mol. The van der Waals surface area contributed by atoms with Gasteiger partial charge in [-0.15, -0.1) is 0 Å². The highest BCUT2D eigenvalue weighted by molar-refractivity contribution is 6.31. The first-order chi connectivity index (χ1) is 13.6. The fourth-order valence-electron chi connectivity index (χ4n) is 3.23. The highest BCUT2D eigenvalue weighted by atomic mass is 35.5. The molecule has 3 rings (SSSR count). The molecule has 0 heterocycles. The molecular weight excluding hydrogens is 430 g/mol. The molecule has 1 amide bonds. The van der Waals surface area contributed by atoms with Crippen LogP contribution in [0, 0.1) is 0 Å². The number of anilines is 1. The second-order valence-electron chi connectivity index (χ2n) is 6.75. The topological polar surface area (TPSA) is 55.4 Å². The van der Waals surface area contributed by atoms with E-state index in [1.165, 1.54) is 6.07 Å². The molecule has 0 radical (unpaired) electrons. The minimum Gasteiger partial charge on any atom is -0.455 e. The molecule has 1 saturated carbocycles. The number of benzene rings is 2. The summed E-state index contributed by atoms with van der Waals surface area (Å²) >= 11 is 11.5. The molecule has 1 aliphatic rings. The van der Waals surface area contributed by atoms with E-state index in [0.717, 1.165) is 18.1 Å². The van der Waals surface area contributed by atoms with Crippen molar-refractivity contribution in [1.82, 2.24) is 0 Å². The Bertz CT molecular complexity index is 926. The van der Waals surface area contributed by atoms with Gasteiger partial charge in [0.05, 0.1) is 16.7 Å². The minimum absolute atomic E-state index is 0.114. The van der Waals surface area contributed by atoms with Gasteiger partial charge in [-0.3, -0.25) is 9.59 Å². The third-order valence-electron chi connectivity index (χ3n) is 4.89. The Morgan fingerprint density at radius 3 is 2.21 bits per heavy atom. The van der Waals surface area contributed by atoms with E-state index in [1.54, 1.807) is 24.3 Å². The smallest absolute Gasteiger partial charge is 0.418 e. The Morgan fingerprint density at radius 1 is 1.03 bits per heavy atom. The van der Waals surface area contributed by atoms with Crippen molar-refractivity contribution in [3.05, 3.63) is 63.6 Å². The van der Waals surface area contributed by atoms with E-state index in [9.17, 15) is 22.8 Å². The lowest BCUT2D eigenvalue weighted by atomic mass is 9.64. The van der Waals surface area contributed by atoms with Crippen molar-refractivity contribution < 1.29 is 27.5 Å². The summed E-state index contributed by atoms with van der Waals surface area (Å²) in [6.07, 6.45) is -2.76. The molecule has 1 aliphatic carbocycles. The average molecular weight is 446 g/mol. The second-order valence-corrected chi connectivity index (χ2v) is 7.63. The van der Waals surface area contributed by atoms with Crippen molar-refractivity contribution in [2.24, 2.45) is 0 Å². The summed E-state index contributed by atoms with van der Waals surface area (Å²) in [6, 6.07) is 9.77. The summed E-state index contributed by atoms with van der Waals surface area (Å²) in [4.78, 5) is 24.7. The molecule has 9 heteroatoms. The van der Waals surface area contributed by atoms with E-state index in [-0.39, 0.29) is 5.02 Å². The van der Waals surface area contributed by atoms with Gasteiger partial charge >= 0.3 is 12.1 Å². The third-order valence-corrected chi connectivity index (χ3v) is 5.38. The van der Waals surface area contributed by atoms with Gasteiger partial charge in [0.1, 0.15) is 0 Å². The Kier molecular flexibility index (Phi) is 6.10. The number of nitrogens with one attached hydrogen (secondary N) is 1. The summed E-state index contributed by atoms with van der Waals surface area (Å²) in [7, 11) is 0. The maximum atomic E-state index is 13.1. The maximum Gasteiger partial charge on any atom is 0.418 e. The maximum absolute atomic E-state index is 13.1. The van der Waals surface area contributed by atoms with Crippen LogP contribution in [0.3, 0.4) is 0 Å². The number of rotatable bonds is 5. The Morgan fingerprint density at radius 2 is 1.66 bits per heavy atom. The molecule has 29 heavy (non-hydrogen) atoms. The molecular formula is C20H16Cl2F3NO3. The summed E-state index contributed by atoms with van der Waals surface area (Å²) in [6.45, 7) is -0.700. The van der Waals surface area contributed by atoms with Crippen LogP contribution in [0.5, 0.6) is 0 Å². The number of hydrogen-bond donors (Lipinski definition) is 1. The van der Waals surface area contributed by atoms with Crippen molar-refractivity contribution in [2.75, 3.05) is 11.9 Å². The van der Waals surface area contributed by atoms with Gasteiger partial charge < -0.3 is 10.1 Å². The number of hydrogen-bond acceptors (Lipinski definition) is 3. The number of carbonyl (C=O) groups is 2. The van der Waals surface area contributed by atoms with Crippen molar-refractivity contribution in [1.29, 1.82) is 0 Å². The van der Waals surface area contributed by atoms with Crippen LogP contribution in [-0.4, -0.2) is 18.5 Å². The van der Waals surface area contributed by atoms with Crippen LogP contribution in [0.4, 0.5) is 18.9 Å². The molecule has 0 atom stereocenters. The molecule has 0 spiro atoms. The Balaban J connectivity index is 1.67. The number of carbonyl (C=O) groups excluding carboxylic acids is 2. The van der Waals surface area contributed by atoms with Crippen molar-refractivity contribution in [2.45, 2.75) is 30.9 Å². The molecule has 2 aromatic rings. The Hall–Kier alpha value is -2.25. The van der Waals surface area contributed by atoms with Gasteiger partial charge in [-0.1, -0.05) is 41.8 Å². The van der Waals surface area contributed by atoms with Crippen LogP contribution >= 0.6 is 23.2 Å². The SMILES string of the molecule is O=C(COC(=O)C1(c2ccc(Cl)cc2)CCC1)Nc1ccc(Cl)cc1C(F)(F)F. The average Bonchev–Trinajstić information content (AvgIpc) is 2.61. The molecule has 1 N–H and O–H groups in total. The molecule has 0 unspecified atom stereocenters. The summed E-state index contributed by atoms with van der Waals surface area (Å²) in [5, 5.41) is 2.54. The van der Waals surface area contributed by atoms with Gasteiger partial charge in [0.25, 0.3) is 5.91 Å². The first-order valence-electron chi connectivity index (χ1n) is 8.72. The van der Waals surface area contributed by atoms with Gasteiger partial charge in [0, 0.05) is 10.0 Å². The van der Waals surface area contributed by atoms with Gasteiger partial charge in [-0.05, 0) is 48.7 Å². The van der Waals surface area contributed by atoms with Crippen LogP contribution in [-0.2, 0) is 25.9 Å². The molecule has 0 aromatic heterocycles. The molecule has 0 bridgehead atoms.